The number of benzene rings is 2. The van der Waals surface area contributed by atoms with E-state index in [-0.39, 0.29) is 65.7 Å². The number of aromatic nitrogens is 2. The van der Waals surface area contributed by atoms with Crippen LogP contribution in [0, 0.1) is 40.2 Å². The highest BCUT2D eigenvalue weighted by atomic mass is 35.5. The summed E-state index contributed by atoms with van der Waals surface area (Å²) in [6.45, 7) is 12.0. The topological polar surface area (TPSA) is 135 Å². The number of carbonyl (C=O) groups excluding carboxylic acids is 1. The van der Waals surface area contributed by atoms with Crippen LogP contribution in [0.15, 0.2) is 43.0 Å². The molecule has 0 spiro atoms. The minimum absolute atomic E-state index is 0.00384. The van der Waals surface area contributed by atoms with Crippen LogP contribution in [0.1, 0.15) is 45.1 Å². The molecule has 0 bridgehead atoms. The Morgan fingerprint density at radius 3 is 2.60 bits per heavy atom. The Kier molecular flexibility index (Phi) is 11.0. The summed E-state index contributed by atoms with van der Waals surface area (Å²) in [6, 6.07) is 8.47. The molecule has 0 aliphatic carbocycles. The fourth-order valence-electron chi connectivity index (χ4n) is 7.33. The molecule has 3 saturated heterocycles. The number of likely N-dealkylation sites (tertiary alicyclic amines) is 1. The molecule has 270 valence electrons. The van der Waals surface area contributed by atoms with Gasteiger partial charge < -0.3 is 20.3 Å². The zero-order valence-electron chi connectivity index (χ0n) is 29.1. The van der Waals surface area contributed by atoms with Crippen LogP contribution in [0.2, 0.25) is 5.02 Å². The molecule has 2 aromatic heterocycles. The van der Waals surface area contributed by atoms with Crippen LogP contribution in [0.3, 0.4) is 0 Å². The predicted octanol–water partition coefficient (Wildman–Crippen LogP) is 7.46. The molecule has 4 aromatic rings. The molecule has 0 radical (unpaired) electrons. The monoisotopic (exact) mass is 744 g/mol. The van der Waals surface area contributed by atoms with Crippen LogP contribution in [0.5, 0.6) is 6.01 Å². The first-order valence-electron chi connectivity index (χ1n) is 17.2. The molecule has 52 heavy (non-hydrogen) atoms. The van der Waals surface area contributed by atoms with Crippen LogP contribution >= 0.6 is 22.9 Å². The largest absolute Gasteiger partial charge is 0.461 e. The highest BCUT2D eigenvalue weighted by Gasteiger charge is 2.45. The van der Waals surface area contributed by atoms with E-state index in [4.69, 9.17) is 32.3 Å². The predicted molar refractivity (Wildman–Crippen MR) is 201 cm³/mol. The van der Waals surface area contributed by atoms with Crippen molar-refractivity contribution in [2.24, 2.45) is 5.92 Å². The van der Waals surface area contributed by atoms with Crippen molar-refractivity contribution < 1.29 is 18.3 Å². The second-order valence-electron chi connectivity index (χ2n) is 13.2. The zero-order chi connectivity index (χ0) is 37.2. The normalized spacial score (nSPS) is 16.6. The summed E-state index contributed by atoms with van der Waals surface area (Å²) < 4.78 is 38.1. The molecule has 3 aliphatic rings. The standard InChI is InChI=1S/C32H31ClF2N6OS.C6H8N2O/c1-3-5-13-40(12-4-2)30-20-16-22(33)25(19-8-9-23(34)28-24(19)21(17-36)29(37)43-28)26(35)27(20)38-31(39-30)42-18-32-10-6-14-41(32)15-7-11-32;1-5(9)8-3-6(2-7)4-8/h3-5,8-9,16H,2,6-7,10-15,18,37H2,1H3;6H,3-4H2,1H3/b5-3-;. The van der Waals surface area contributed by atoms with Gasteiger partial charge in [-0.2, -0.15) is 20.5 Å². The molecule has 14 heteroatoms. The Hall–Kier alpha value is -4.82. The van der Waals surface area contributed by atoms with E-state index in [9.17, 15) is 14.4 Å². The van der Waals surface area contributed by atoms with Gasteiger partial charge in [0.15, 0.2) is 5.82 Å². The van der Waals surface area contributed by atoms with E-state index in [0.717, 1.165) is 50.1 Å². The van der Waals surface area contributed by atoms with Crippen molar-refractivity contribution >= 4 is 60.7 Å². The van der Waals surface area contributed by atoms with Gasteiger partial charge in [0.25, 0.3) is 0 Å². The first kappa shape index (κ1) is 37.0. The van der Waals surface area contributed by atoms with Gasteiger partial charge in [0.05, 0.1) is 32.8 Å². The van der Waals surface area contributed by atoms with Crippen molar-refractivity contribution in [3.8, 4) is 29.3 Å². The van der Waals surface area contributed by atoms with Crippen LogP contribution < -0.4 is 15.4 Å². The van der Waals surface area contributed by atoms with Gasteiger partial charge in [-0.1, -0.05) is 35.9 Å². The van der Waals surface area contributed by atoms with E-state index >= 15 is 4.39 Å². The number of rotatable bonds is 9. The summed E-state index contributed by atoms with van der Waals surface area (Å²) in [5.41, 5.74) is 6.36. The number of amides is 1. The first-order valence-corrected chi connectivity index (χ1v) is 18.4. The summed E-state index contributed by atoms with van der Waals surface area (Å²) in [5.74, 6) is -0.649. The minimum Gasteiger partial charge on any atom is -0.461 e. The van der Waals surface area contributed by atoms with Gasteiger partial charge >= 0.3 is 6.01 Å². The van der Waals surface area contributed by atoms with Gasteiger partial charge in [0.1, 0.15) is 34.8 Å². The van der Waals surface area contributed by atoms with Gasteiger partial charge in [-0.25, -0.2) is 8.78 Å². The molecular formula is C38H39ClF2N8O2S. The van der Waals surface area contributed by atoms with Crippen molar-refractivity contribution in [2.45, 2.75) is 45.1 Å². The van der Waals surface area contributed by atoms with E-state index in [2.05, 4.69) is 22.5 Å². The number of allylic oxidation sites excluding steroid dienone is 1. The molecule has 5 heterocycles. The fourth-order valence-corrected chi connectivity index (χ4v) is 8.58. The maximum atomic E-state index is 16.8. The number of nitrogens with two attached hydrogens (primary N) is 1. The van der Waals surface area contributed by atoms with E-state index in [0.29, 0.717) is 44.0 Å². The van der Waals surface area contributed by atoms with Crippen molar-refractivity contribution in [3.05, 3.63) is 65.2 Å². The molecule has 0 saturated carbocycles. The number of carbonyl (C=O) groups is 1. The summed E-state index contributed by atoms with van der Waals surface area (Å²) in [6.07, 6.45) is 9.95. The molecule has 0 atom stereocenters. The smallest absolute Gasteiger partial charge is 0.319 e. The van der Waals surface area contributed by atoms with Crippen LogP contribution in [-0.2, 0) is 4.79 Å². The van der Waals surface area contributed by atoms with E-state index in [1.54, 1.807) is 17.0 Å². The lowest BCUT2D eigenvalue weighted by molar-refractivity contribution is -0.133. The third kappa shape index (κ3) is 6.88. The van der Waals surface area contributed by atoms with Gasteiger partial charge in [-0.05, 0) is 63.4 Å². The van der Waals surface area contributed by atoms with Gasteiger partial charge in [0.2, 0.25) is 5.91 Å². The molecular weight excluding hydrogens is 706 g/mol. The second-order valence-corrected chi connectivity index (χ2v) is 14.7. The fraction of sp³-hybridized carbons (Fsp3) is 0.395. The number of thiophene rings is 1. The lowest BCUT2D eigenvalue weighted by Crippen LogP contribution is -2.48. The first-order chi connectivity index (χ1) is 25.0. The van der Waals surface area contributed by atoms with E-state index < -0.39 is 11.6 Å². The number of fused-ring (bicyclic) bond motifs is 3. The molecule has 0 unspecified atom stereocenters. The lowest BCUT2D eigenvalue weighted by Gasteiger charge is -2.34. The maximum absolute atomic E-state index is 16.8. The number of ether oxygens (including phenoxy) is 1. The third-order valence-corrected chi connectivity index (χ3v) is 11.4. The van der Waals surface area contributed by atoms with Crippen molar-refractivity contribution in [1.82, 2.24) is 19.8 Å². The van der Waals surface area contributed by atoms with Crippen LogP contribution in [-0.4, -0.2) is 77.1 Å². The number of nitrogen functional groups attached to an aromatic ring is 1. The van der Waals surface area contributed by atoms with Crippen molar-refractivity contribution in [2.75, 3.05) is 56.5 Å². The number of hydrogen-bond donors (Lipinski definition) is 1. The number of anilines is 2. The molecule has 3 aliphatic heterocycles. The SMILES string of the molecule is C=CCN(C/C=C\C)c1nc(OCC23CCCN2CCC3)nc2c(F)c(-c3ccc(F)c4sc(N)c(C#N)c34)c(Cl)cc12.CC(=O)N1CC(C#N)C1. The Balaban J connectivity index is 0.000000451. The van der Waals surface area contributed by atoms with Gasteiger partial charge in [-0.15, -0.1) is 17.9 Å². The number of nitrogens with zero attached hydrogens (tertiary/aromatic N) is 7. The average molecular weight is 745 g/mol. The molecule has 3 fully saturated rings. The molecule has 7 rings (SSSR count). The Morgan fingerprint density at radius 2 is 1.96 bits per heavy atom. The summed E-state index contributed by atoms with van der Waals surface area (Å²) >= 11 is 7.75. The van der Waals surface area contributed by atoms with E-state index in [1.807, 2.05) is 30.0 Å². The zero-order valence-corrected chi connectivity index (χ0v) is 30.7. The summed E-state index contributed by atoms with van der Waals surface area (Å²) in [7, 11) is 0. The third-order valence-electron chi connectivity index (χ3n) is 10.0. The van der Waals surface area contributed by atoms with Gasteiger partial charge in [0, 0.05) is 49.4 Å². The highest BCUT2D eigenvalue weighted by molar-refractivity contribution is 7.23. The minimum atomic E-state index is -0.719. The maximum Gasteiger partial charge on any atom is 0.319 e. The number of nitriles is 2. The van der Waals surface area contributed by atoms with E-state index in [1.165, 1.54) is 19.1 Å². The molecule has 2 aromatic carbocycles. The van der Waals surface area contributed by atoms with Crippen molar-refractivity contribution in [3.63, 3.8) is 0 Å². The molecule has 2 N–H and O–H groups in total. The Morgan fingerprint density at radius 1 is 1.23 bits per heavy atom. The molecule has 10 nitrogen and oxygen atoms in total. The van der Waals surface area contributed by atoms with Crippen LogP contribution in [0.4, 0.5) is 19.6 Å². The van der Waals surface area contributed by atoms with Gasteiger partial charge in [-0.3, -0.25) is 9.69 Å². The quantitative estimate of drug-likeness (QED) is 0.173. The number of hydrogen-bond acceptors (Lipinski definition) is 10. The Labute approximate surface area is 310 Å². The lowest BCUT2D eigenvalue weighted by atomic mass is 9.95. The second kappa shape index (κ2) is 15.4. The van der Waals surface area contributed by atoms with Crippen LogP contribution in [0.25, 0.3) is 32.1 Å². The molecule has 1 amide bonds. The number of halogens is 3. The summed E-state index contributed by atoms with van der Waals surface area (Å²) in [5, 5.41) is 19.0. The average Bonchev–Trinajstić information content (AvgIpc) is 3.79. The Bertz CT molecular complexity index is 2140. The summed E-state index contributed by atoms with van der Waals surface area (Å²) in [4.78, 5) is 25.9. The highest BCUT2D eigenvalue weighted by Crippen LogP contribution is 2.46. The van der Waals surface area contributed by atoms with Crippen molar-refractivity contribution in [1.29, 1.82) is 10.5 Å².